The Labute approximate surface area is 105 Å². The third-order valence-corrected chi connectivity index (χ3v) is 2.77. The molecule has 1 heterocycles. The van der Waals surface area contributed by atoms with Gasteiger partial charge in [0.1, 0.15) is 5.82 Å². The number of hydrogen-bond donors (Lipinski definition) is 2. The van der Waals surface area contributed by atoms with Crippen LogP contribution in [0, 0.1) is 5.82 Å². The highest BCUT2D eigenvalue weighted by Crippen LogP contribution is 2.26. The first-order valence-corrected chi connectivity index (χ1v) is 5.70. The lowest BCUT2D eigenvalue weighted by Crippen LogP contribution is -2.08. The van der Waals surface area contributed by atoms with Gasteiger partial charge in [0, 0.05) is 19.0 Å². The highest BCUT2D eigenvalue weighted by molar-refractivity contribution is 9.10. The number of nitrogens with two attached hydrogens (primary N) is 1. The Morgan fingerprint density at radius 2 is 2.29 bits per heavy atom. The highest BCUT2D eigenvalue weighted by atomic mass is 79.9. The van der Waals surface area contributed by atoms with Gasteiger partial charge in [-0.2, -0.15) is 4.98 Å². The second kappa shape index (κ2) is 5.13. The summed E-state index contributed by atoms with van der Waals surface area (Å²) in [6.45, 7) is 0.585. The molecule has 0 aliphatic heterocycles. The third kappa shape index (κ3) is 2.94. The molecule has 0 atom stereocenters. The molecule has 0 radical (unpaired) electrons. The minimum absolute atomic E-state index is 0.360. The van der Waals surface area contributed by atoms with Crippen molar-refractivity contribution in [2.24, 2.45) is 0 Å². The lowest BCUT2D eigenvalue weighted by Gasteiger charge is -2.09. The van der Waals surface area contributed by atoms with E-state index in [0.717, 1.165) is 0 Å². The summed E-state index contributed by atoms with van der Waals surface area (Å²) in [5, 5.41) is 6.75. The first-order chi connectivity index (χ1) is 8.16. The van der Waals surface area contributed by atoms with E-state index in [9.17, 15) is 4.39 Å². The van der Waals surface area contributed by atoms with Crippen LogP contribution in [-0.2, 0) is 6.42 Å². The molecule has 0 aliphatic carbocycles. The number of anilines is 2. The molecule has 17 heavy (non-hydrogen) atoms. The van der Waals surface area contributed by atoms with E-state index in [4.69, 9.17) is 5.73 Å². The predicted octanol–water partition coefficient (Wildman–Crippen LogP) is 2.21. The van der Waals surface area contributed by atoms with Crippen LogP contribution < -0.4 is 11.1 Å². The van der Waals surface area contributed by atoms with Crippen LogP contribution in [0.3, 0.4) is 0 Å². The van der Waals surface area contributed by atoms with Crippen molar-refractivity contribution in [2.75, 3.05) is 17.6 Å². The van der Waals surface area contributed by atoms with Gasteiger partial charge in [-0.1, -0.05) is 5.16 Å². The number of nitrogen functional groups attached to an aromatic ring is 1. The van der Waals surface area contributed by atoms with Crippen LogP contribution in [0.15, 0.2) is 27.5 Å². The van der Waals surface area contributed by atoms with Gasteiger partial charge in [0.05, 0.1) is 15.8 Å². The van der Waals surface area contributed by atoms with Crippen LogP contribution in [0.4, 0.5) is 15.8 Å². The van der Waals surface area contributed by atoms with Crippen molar-refractivity contribution in [2.45, 2.75) is 6.42 Å². The zero-order chi connectivity index (χ0) is 12.3. The fourth-order valence-corrected chi connectivity index (χ4v) is 1.67. The topological polar surface area (TPSA) is 77.0 Å². The molecule has 2 aromatic rings. The molecule has 7 heteroatoms. The average molecular weight is 301 g/mol. The SMILES string of the molecule is Nc1cc(F)c(Br)cc1NCCc1ncon1. The normalized spacial score (nSPS) is 10.5. The van der Waals surface area contributed by atoms with E-state index >= 15 is 0 Å². The summed E-state index contributed by atoms with van der Waals surface area (Å²) in [7, 11) is 0. The van der Waals surface area contributed by atoms with Crippen molar-refractivity contribution in [1.82, 2.24) is 10.1 Å². The Morgan fingerprint density at radius 3 is 3.00 bits per heavy atom. The van der Waals surface area contributed by atoms with Crippen molar-refractivity contribution in [3.63, 3.8) is 0 Å². The van der Waals surface area contributed by atoms with Crippen LogP contribution in [0.2, 0.25) is 0 Å². The number of nitrogens with one attached hydrogen (secondary N) is 1. The predicted molar refractivity (Wildman–Crippen MR) is 65.0 cm³/mol. The van der Waals surface area contributed by atoms with Crippen LogP contribution in [0.25, 0.3) is 0 Å². The molecule has 0 saturated heterocycles. The summed E-state index contributed by atoms with van der Waals surface area (Å²) in [5.74, 6) is 0.225. The van der Waals surface area contributed by atoms with Gasteiger partial charge in [-0.25, -0.2) is 4.39 Å². The summed E-state index contributed by atoms with van der Waals surface area (Å²) in [4.78, 5) is 3.88. The van der Waals surface area contributed by atoms with Crippen LogP contribution in [0.1, 0.15) is 5.82 Å². The van der Waals surface area contributed by atoms with E-state index in [1.807, 2.05) is 0 Å². The minimum atomic E-state index is -0.383. The zero-order valence-corrected chi connectivity index (χ0v) is 10.4. The largest absolute Gasteiger partial charge is 0.397 e. The van der Waals surface area contributed by atoms with E-state index in [1.54, 1.807) is 6.07 Å². The maximum Gasteiger partial charge on any atom is 0.213 e. The summed E-state index contributed by atoms with van der Waals surface area (Å²) in [5.41, 5.74) is 6.70. The second-order valence-electron chi connectivity index (χ2n) is 3.38. The van der Waals surface area contributed by atoms with Gasteiger partial charge in [-0.05, 0) is 22.0 Å². The number of aromatic nitrogens is 2. The lowest BCUT2D eigenvalue weighted by molar-refractivity contribution is 0.410. The zero-order valence-electron chi connectivity index (χ0n) is 8.78. The maximum absolute atomic E-state index is 13.1. The minimum Gasteiger partial charge on any atom is -0.397 e. The number of hydrogen-bond acceptors (Lipinski definition) is 5. The summed E-state index contributed by atoms with van der Waals surface area (Å²) in [6, 6.07) is 2.86. The molecular weight excluding hydrogens is 291 g/mol. The van der Waals surface area contributed by atoms with Crippen molar-refractivity contribution < 1.29 is 8.91 Å². The molecule has 0 aliphatic rings. The molecule has 1 aromatic heterocycles. The Hall–Kier alpha value is -1.63. The van der Waals surface area contributed by atoms with E-state index in [1.165, 1.54) is 12.5 Å². The first kappa shape index (κ1) is 11.8. The van der Waals surface area contributed by atoms with Gasteiger partial charge in [-0.3, -0.25) is 0 Å². The standard InChI is InChI=1S/C10H10BrFN4O/c11-6-3-9(8(13)4-7(6)12)14-2-1-10-15-5-17-16-10/h3-5,14H,1-2,13H2. The number of benzene rings is 1. The Balaban J connectivity index is 1.97. The van der Waals surface area contributed by atoms with Crippen LogP contribution >= 0.6 is 15.9 Å². The van der Waals surface area contributed by atoms with E-state index < -0.39 is 0 Å². The molecule has 0 unspecified atom stereocenters. The Morgan fingerprint density at radius 1 is 1.47 bits per heavy atom. The van der Waals surface area contributed by atoms with Gasteiger partial charge in [0.15, 0.2) is 5.82 Å². The fraction of sp³-hybridized carbons (Fsp3) is 0.200. The maximum atomic E-state index is 13.1. The van der Waals surface area contributed by atoms with Crippen molar-refractivity contribution in [1.29, 1.82) is 0 Å². The fourth-order valence-electron chi connectivity index (χ4n) is 1.33. The number of halogens is 2. The molecule has 5 nitrogen and oxygen atoms in total. The summed E-state index contributed by atoms with van der Waals surface area (Å²) < 4.78 is 18.1. The van der Waals surface area contributed by atoms with Gasteiger partial charge in [0.25, 0.3) is 0 Å². The van der Waals surface area contributed by atoms with Crippen molar-refractivity contribution in [3.05, 3.63) is 34.6 Å². The molecule has 0 amide bonds. The monoisotopic (exact) mass is 300 g/mol. The van der Waals surface area contributed by atoms with Crippen molar-refractivity contribution in [3.8, 4) is 0 Å². The molecule has 0 fully saturated rings. The Kier molecular flexibility index (Phi) is 3.58. The van der Waals surface area contributed by atoms with Crippen LogP contribution in [-0.4, -0.2) is 16.7 Å². The highest BCUT2D eigenvalue weighted by Gasteiger charge is 2.06. The van der Waals surface area contributed by atoms with E-state index in [-0.39, 0.29) is 5.82 Å². The lowest BCUT2D eigenvalue weighted by atomic mass is 10.2. The molecule has 90 valence electrons. The molecule has 0 saturated carbocycles. The molecule has 3 N–H and O–H groups in total. The van der Waals surface area contributed by atoms with Gasteiger partial charge < -0.3 is 15.6 Å². The molecule has 2 rings (SSSR count). The number of rotatable bonds is 4. The van der Waals surface area contributed by atoms with Gasteiger partial charge >= 0.3 is 0 Å². The summed E-state index contributed by atoms with van der Waals surface area (Å²) in [6.07, 6.45) is 1.88. The van der Waals surface area contributed by atoms with E-state index in [2.05, 4.69) is 35.9 Å². The third-order valence-electron chi connectivity index (χ3n) is 2.16. The summed E-state index contributed by atoms with van der Waals surface area (Å²) >= 11 is 3.10. The molecule has 0 spiro atoms. The quantitative estimate of drug-likeness (QED) is 0.847. The van der Waals surface area contributed by atoms with Gasteiger partial charge in [0.2, 0.25) is 6.39 Å². The van der Waals surface area contributed by atoms with Gasteiger partial charge in [-0.15, -0.1) is 0 Å². The smallest absolute Gasteiger partial charge is 0.213 e. The first-order valence-electron chi connectivity index (χ1n) is 4.90. The molecule has 1 aromatic carbocycles. The molecule has 0 bridgehead atoms. The second-order valence-corrected chi connectivity index (χ2v) is 4.23. The Bertz CT molecular complexity index is 503. The average Bonchev–Trinajstić information content (AvgIpc) is 2.78. The van der Waals surface area contributed by atoms with Crippen LogP contribution in [0.5, 0.6) is 0 Å². The van der Waals surface area contributed by atoms with E-state index in [0.29, 0.717) is 34.6 Å². The van der Waals surface area contributed by atoms with Crippen molar-refractivity contribution >= 4 is 27.3 Å². The molecular formula is C10H10BrFN4O. The number of nitrogens with zero attached hydrogens (tertiary/aromatic N) is 2.